The Bertz CT molecular complexity index is 665. The number of piperidine rings is 1. The molecule has 1 unspecified atom stereocenters. The molecule has 1 aromatic carbocycles. The molecule has 2 N–H and O–H groups in total. The van der Waals surface area contributed by atoms with Gasteiger partial charge < -0.3 is 25.0 Å². The molecule has 2 saturated heterocycles. The highest BCUT2D eigenvalue weighted by molar-refractivity contribution is 5.79. The summed E-state index contributed by atoms with van der Waals surface area (Å²) in [7, 11) is 1.83. The van der Waals surface area contributed by atoms with E-state index >= 15 is 0 Å². The van der Waals surface area contributed by atoms with E-state index < -0.39 is 0 Å². The van der Waals surface area contributed by atoms with Crippen molar-refractivity contribution in [3.05, 3.63) is 29.3 Å². The number of guanidine groups is 1. The van der Waals surface area contributed by atoms with Crippen molar-refractivity contribution >= 4 is 5.96 Å². The zero-order valence-electron chi connectivity index (χ0n) is 19.1. The lowest BCUT2D eigenvalue weighted by atomic mass is 9.99. The molecule has 6 nitrogen and oxygen atoms in total. The van der Waals surface area contributed by atoms with Crippen molar-refractivity contribution in [3.8, 4) is 5.75 Å². The third kappa shape index (κ3) is 7.47. The first-order valence-electron chi connectivity index (χ1n) is 11.6. The highest BCUT2D eigenvalue weighted by Gasteiger charge is 2.17. The number of ether oxygens (including phenoxy) is 2. The van der Waals surface area contributed by atoms with Crippen molar-refractivity contribution in [1.82, 2.24) is 15.5 Å². The van der Waals surface area contributed by atoms with E-state index in [-0.39, 0.29) is 0 Å². The van der Waals surface area contributed by atoms with Crippen molar-refractivity contribution in [1.29, 1.82) is 0 Å². The molecule has 2 fully saturated rings. The van der Waals surface area contributed by atoms with Crippen LogP contribution in [0.3, 0.4) is 0 Å². The van der Waals surface area contributed by atoms with Crippen LogP contribution >= 0.6 is 0 Å². The fourth-order valence-electron chi connectivity index (χ4n) is 4.06. The normalized spacial score (nSPS) is 21.0. The second-order valence-electron chi connectivity index (χ2n) is 8.88. The molecule has 0 spiro atoms. The molecule has 0 saturated carbocycles. The summed E-state index contributed by atoms with van der Waals surface area (Å²) in [5, 5.41) is 6.89. The van der Waals surface area contributed by atoms with E-state index in [0.29, 0.717) is 12.5 Å². The van der Waals surface area contributed by atoms with Gasteiger partial charge in [-0.15, -0.1) is 0 Å². The maximum atomic E-state index is 6.16. The molecular weight excluding hydrogens is 376 g/mol. The van der Waals surface area contributed by atoms with Crippen LogP contribution in [0.4, 0.5) is 0 Å². The van der Waals surface area contributed by atoms with Crippen LogP contribution in [0.25, 0.3) is 0 Å². The minimum absolute atomic E-state index is 0.504. The highest BCUT2D eigenvalue weighted by atomic mass is 16.5. The fraction of sp³-hybridized carbons (Fsp3) is 0.708. The van der Waals surface area contributed by atoms with Crippen molar-refractivity contribution in [2.75, 3.05) is 53.0 Å². The van der Waals surface area contributed by atoms with Gasteiger partial charge in [0.05, 0.1) is 13.2 Å². The zero-order chi connectivity index (χ0) is 21.2. The molecule has 1 atom stereocenters. The van der Waals surface area contributed by atoms with Gasteiger partial charge in [-0.3, -0.25) is 4.99 Å². The van der Waals surface area contributed by atoms with Gasteiger partial charge in [-0.1, -0.05) is 19.1 Å². The Morgan fingerprint density at radius 1 is 1.23 bits per heavy atom. The molecule has 0 amide bonds. The molecule has 2 heterocycles. The molecule has 0 aliphatic carbocycles. The van der Waals surface area contributed by atoms with Gasteiger partial charge in [0.2, 0.25) is 0 Å². The van der Waals surface area contributed by atoms with Gasteiger partial charge in [0.15, 0.2) is 5.96 Å². The second kappa shape index (κ2) is 12.2. The van der Waals surface area contributed by atoms with Crippen LogP contribution in [-0.2, 0) is 11.3 Å². The largest absolute Gasteiger partial charge is 0.493 e. The van der Waals surface area contributed by atoms with E-state index in [0.717, 1.165) is 68.9 Å². The van der Waals surface area contributed by atoms with E-state index in [1.54, 1.807) is 0 Å². The van der Waals surface area contributed by atoms with Crippen LogP contribution < -0.4 is 15.4 Å². The average Bonchev–Trinajstić information content (AvgIpc) is 3.27. The smallest absolute Gasteiger partial charge is 0.191 e. The van der Waals surface area contributed by atoms with Gasteiger partial charge in [-0.2, -0.15) is 0 Å². The molecule has 6 heteroatoms. The second-order valence-corrected chi connectivity index (χ2v) is 8.88. The number of rotatable bonds is 9. The minimum Gasteiger partial charge on any atom is -0.493 e. The Kier molecular flexibility index (Phi) is 9.27. The highest BCUT2D eigenvalue weighted by Crippen LogP contribution is 2.22. The van der Waals surface area contributed by atoms with Crippen molar-refractivity contribution in [2.24, 2.45) is 16.8 Å². The summed E-state index contributed by atoms with van der Waals surface area (Å²) in [6, 6.07) is 6.41. The number of aliphatic imine (C=N–C) groups is 1. The molecule has 30 heavy (non-hydrogen) atoms. The summed E-state index contributed by atoms with van der Waals surface area (Å²) >= 11 is 0. The first-order valence-corrected chi connectivity index (χ1v) is 11.6. The van der Waals surface area contributed by atoms with E-state index in [4.69, 9.17) is 9.47 Å². The summed E-state index contributed by atoms with van der Waals surface area (Å²) < 4.78 is 11.6. The number of nitrogens with one attached hydrogen (secondary N) is 2. The van der Waals surface area contributed by atoms with Gasteiger partial charge >= 0.3 is 0 Å². The zero-order valence-corrected chi connectivity index (χ0v) is 19.1. The molecule has 2 aliphatic rings. The topological polar surface area (TPSA) is 58.1 Å². The number of aryl methyl sites for hydroxylation is 1. The van der Waals surface area contributed by atoms with Crippen molar-refractivity contribution in [3.63, 3.8) is 0 Å². The van der Waals surface area contributed by atoms with Crippen LogP contribution in [0.1, 0.15) is 43.7 Å². The molecular formula is C24H40N4O2. The molecule has 0 bridgehead atoms. The number of likely N-dealkylation sites (tertiary alicyclic amines) is 1. The maximum Gasteiger partial charge on any atom is 0.191 e. The van der Waals surface area contributed by atoms with Crippen LogP contribution in [0, 0.1) is 18.8 Å². The predicted octanol–water partition coefficient (Wildman–Crippen LogP) is 3.20. The molecule has 3 rings (SSSR count). The predicted molar refractivity (Wildman–Crippen MR) is 123 cm³/mol. The lowest BCUT2D eigenvalue weighted by Gasteiger charge is -2.30. The third-order valence-electron chi connectivity index (χ3n) is 6.21. The SMILES string of the molecule is CN=C(NCCCN1CCC(C)CC1)NCc1ccc(C)cc1OCC1CCOC1. The van der Waals surface area contributed by atoms with E-state index in [1.807, 2.05) is 7.05 Å². The number of nitrogens with zero attached hydrogens (tertiary/aromatic N) is 2. The molecule has 0 radical (unpaired) electrons. The Labute approximate surface area is 182 Å². The summed E-state index contributed by atoms with van der Waals surface area (Å²) in [5.41, 5.74) is 2.37. The minimum atomic E-state index is 0.504. The maximum absolute atomic E-state index is 6.16. The van der Waals surface area contributed by atoms with Crippen molar-refractivity contribution < 1.29 is 9.47 Å². The molecule has 0 aromatic heterocycles. The Morgan fingerprint density at radius 2 is 2.07 bits per heavy atom. The van der Waals surface area contributed by atoms with Crippen LogP contribution in [0.15, 0.2) is 23.2 Å². The van der Waals surface area contributed by atoms with Gasteiger partial charge in [-0.25, -0.2) is 0 Å². The van der Waals surface area contributed by atoms with E-state index in [1.165, 1.54) is 31.5 Å². The first-order chi connectivity index (χ1) is 14.6. The summed E-state index contributed by atoms with van der Waals surface area (Å²) in [5.74, 6) is 3.20. The first kappa shape index (κ1) is 22.9. The fourth-order valence-corrected chi connectivity index (χ4v) is 4.06. The lowest BCUT2D eigenvalue weighted by molar-refractivity contribution is 0.166. The summed E-state index contributed by atoms with van der Waals surface area (Å²) in [6.07, 6.45) is 4.90. The van der Waals surface area contributed by atoms with Gasteiger partial charge in [-0.05, 0) is 69.8 Å². The summed E-state index contributed by atoms with van der Waals surface area (Å²) in [4.78, 5) is 6.96. The molecule has 2 aliphatic heterocycles. The van der Waals surface area contributed by atoms with Gasteiger partial charge in [0.25, 0.3) is 0 Å². The van der Waals surface area contributed by atoms with Gasteiger partial charge in [0.1, 0.15) is 5.75 Å². The Hall–Kier alpha value is -1.79. The third-order valence-corrected chi connectivity index (χ3v) is 6.21. The van der Waals surface area contributed by atoms with Crippen molar-refractivity contribution in [2.45, 2.75) is 46.1 Å². The van der Waals surface area contributed by atoms with Crippen LogP contribution in [0.5, 0.6) is 5.75 Å². The van der Waals surface area contributed by atoms with E-state index in [9.17, 15) is 0 Å². The number of hydrogen-bond acceptors (Lipinski definition) is 4. The number of benzene rings is 1. The Balaban J connectivity index is 1.40. The lowest BCUT2D eigenvalue weighted by Crippen LogP contribution is -2.39. The number of hydrogen-bond donors (Lipinski definition) is 2. The monoisotopic (exact) mass is 416 g/mol. The summed E-state index contributed by atoms with van der Waals surface area (Å²) in [6.45, 7) is 12.1. The average molecular weight is 417 g/mol. The molecule has 1 aromatic rings. The standard InChI is InChI=1S/C24H40N4O2/c1-19-7-12-28(13-8-19)11-4-10-26-24(25-3)27-16-22-6-5-20(2)15-23(22)30-18-21-9-14-29-17-21/h5-6,15,19,21H,4,7-14,16-18H2,1-3H3,(H2,25,26,27). The van der Waals surface area contributed by atoms with Gasteiger partial charge in [0, 0.05) is 38.2 Å². The quantitative estimate of drug-likeness (QED) is 0.368. The molecule has 168 valence electrons. The van der Waals surface area contributed by atoms with Crippen LogP contribution in [0.2, 0.25) is 0 Å². The van der Waals surface area contributed by atoms with Crippen LogP contribution in [-0.4, -0.2) is 63.9 Å². The van der Waals surface area contributed by atoms with E-state index in [2.05, 4.69) is 52.6 Å². The Morgan fingerprint density at radius 3 is 2.80 bits per heavy atom.